The van der Waals surface area contributed by atoms with Gasteiger partial charge in [0.05, 0.1) is 13.2 Å². The average Bonchev–Trinajstić information content (AvgIpc) is 2.36. The molecule has 5 heteroatoms. The summed E-state index contributed by atoms with van der Waals surface area (Å²) in [5, 5.41) is 2.42. The van der Waals surface area contributed by atoms with E-state index in [2.05, 4.69) is 5.32 Å². The van der Waals surface area contributed by atoms with Gasteiger partial charge in [0.2, 0.25) is 5.91 Å². The van der Waals surface area contributed by atoms with Crippen molar-refractivity contribution >= 4 is 23.3 Å². The van der Waals surface area contributed by atoms with Crippen LogP contribution in [0, 0.1) is 0 Å². The topological polar surface area (TPSA) is 55.4 Å². The molecule has 0 bridgehead atoms. The lowest BCUT2D eigenvalue weighted by molar-refractivity contribution is -0.118. The molecular formula is C12H14ClNO3. The number of benzene rings is 1. The second-order valence-corrected chi connectivity index (χ2v) is 3.56. The third-order valence-electron chi connectivity index (χ3n) is 2.03. The van der Waals surface area contributed by atoms with Crippen LogP contribution in [0.3, 0.4) is 0 Å². The molecule has 0 heterocycles. The first kappa shape index (κ1) is 13.5. The molecule has 1 aromatic carbocycles. The third kappa shape index (κ3) is 4.44. The minimum Gasteiger partial charge on any atom is -0.494 e. The van der Waals surface area contributed by atoms with E-state index in [9.17, 15) is 9.59 Å². The zero-order chi connectivity index (χ0) is 12.7. The minimum absolute atomic E-state index is 0.0544. The van der Waals surface area contributed by atoms with Gasteiger partial charge in [-0.15, -0.1) is 11.6 Å². The molecule has 1 rings (SSSR count). The summed E-state index contributed by atoms with van der Waals surface area (Å²) < 4.78 is 5.28. The minimum atomic E-state index is -0.360. The number of alkyl halides is 1. The van der Waals surface area contributed by atoms with Crippen LogP contribution in [-0.4, -0.2) is 30.7 Å². The summed E-state index contributed by atoms with van der Waals surface area (Å²) in [5.41, 5.74) is 0.505. The smallest absolute Gasteiger partial charge is 0.235 e. The van der Waals surface area contributed by atoms with Crippen LogP contribution in [0.4, 0.5) is 0 Å². The van der Waals surface area contributed by atoms with Crippen LogP contribution >= 0.6 is 11.6 Å². The molecule has 0 aliphatic carbocycles. The largest absolute Gasteiger partial charge is 0.494 e. The fourth-order valence-corrected chi connectivity index (χ4v) is 1.35. The first-order valence-electron chi connectivity index (χ1n) is 5.26. The van der Waals surface area contributed by atoms with Gasteiger partial charge in [0.15, 0.2) is 5.78 Å². The van der Waals surface area contributed by atoms with Gasteiger partial charge in [0, 0.05) is 5.56 Å². The van der Waals surface area contributed by atoms with Crippen molar-refractivity contribution in [3.63, 3.8) is 0 Å². The number of amides is 1. The Bertz CT molecular complexity index is 406. The summed E-state index contributed by atoms with van der Waals surface area (Å²) in [6, 6.07) is 6.84. The molecule has 1 amide bonds. The van der Waals surface area contributed by atoms with E-state index in [1.54, 1.807) is 24.3 Å². The highest BCUT2D eigenvalue weighted by Crippen LogP contribution is 2.13. The van der Waals surface area contributed by atoms with Gasteiger partial charge < -0.3 is 10.1 Å². The number of ketones is 1. The number of halogens is 1. The van der Waals surface area contributed by atoms with Crippen molar-refractivity contribution in [2.75, 3.05) is 19.0 Å². The first-order valence-corrected chi connectivity index (χ1v) is 5.79. The number of hydrogen-bond acceptors (Lipinski definition) is 3. The highest BCUT2D eigenvalue weighted by atomic mass is 35.5. The number of carbonyl (C=O) groups excluding carboxylic acids is 2. The second-order valence-electron chi connectivity index (χ2n) is 3.29. The maximum absolute atomic E-state index is 11.7. The van der Waals surface area contributed by atoms with Gasteiger partial charge in [-0.3, -0.25) is 9.59 Å². The Balaban J connectivity index is 2.62. The van der Waals surface area contributed by atoms with Gasteiger partial charge in [0.1, 0.15) is 11.6 Å². The number of hydrogen-bond donors (Lipinski definition) is 1. The van der Waals surface area contributed by atoms with Crippen LogP contribution in [0.15, 0.2) is 24.3 Å². The number of ether oxygens (including phenoxy) is 1. The zero-order valence-corrected chi connectivity index (χ0v) is 10.3. The molecule has 0 aliphatic rings. The number of rotatable bonds is 6. The molecule has 1 aromatic rings. The fraction of sp³-hybridized carbons (Fsp3) is 0.333. The molecule has 1 N–H and O–H groups in total. The van der Waals surface area contributed by atoms with E-state index in [4.69, 9.17) is 16.3 Å². The molecular weight excluding hydrogens is 242 g/mol. The highest BCUT2D eigenvalue weighted by Gasteiger charge is 2.08. The van der Waals surface area contributed by atoms with Gasteiger partial charge in [-0.1, -0.05) is 12.1 Å². The zero-order valence-electron chi connectivity index (χ0n) is 9.53. The Morgan fingerprint density at radius 3 is 2.82 bits per heavy atom. The molecule has 0 spiro atoms. The monoisotopic (exact) mass is 255 g/mol. The summed E-state index contributed by atoms with van der Waals surface area (Å²) in [6.07, 6.45) is 0. The van der Waals surface area contributed by atoms with E-state index < -0.39 is 0 Å². The van der Waals surface area contributed by atoms with E-state index in [1.165, 1.54) is 0 Å². The molecule has 0 radical (unpaired) electrons. The Morgan fingerprint density at radius 2 is 2.18 bits per heavy atom. The molecule has 0 aliphatic heterocycles. The maximum atomic E-state index is 11.7. The Kier molecular flexibility index (Phi) is 5.49. The molecule has 92 valence electrons. The SMILES string of the molecule is CCOc1cccc(C(=O)CNC(=O)CCl)c1. The summed E-state index contributed by atoms with van der Waals surface area (Å²) in [4.78, 5) is 22.6. The van der Waals surface area contributed by atoms with Gasteiger partial charge in [-0.05, 0) is 19.1 Å². The maximum Gasteiger partial charge on any atom is 0.235 e. The van der Waals surface area contributed by atoms with E-state index >= 15 is 0 Å². The van der Waals surface area contributed by atoms with Crippen LogP contribution < -0.4 is 10.1 Å². The van der Waals surface area contributed by atoms with Crippen LogP contribution in [0.2, 0.25) is 0 Å². The summed E-state index contributed by atoms with van der Waals surface area (Å²) >= 11 is 5.30. The summed E-state index contributed by atoms with van der Waals surface area (Å²) in [6.45, 7) is 2.36. The quantitative estimate of drug-likeness (QED) is 0.621. The Hall–Kier alpha value is -1.55. The van der Waals surface area contributed by atoms with E-state index in [-0.39, 0.29) is 24.1 Å². The van der Waals surface area contributed by atoms with E-state index in [1.807, 2.05) is 6.92 Å². The Morgan fingerprint density at radius 1 is 1.41 bits per heavy atom. The van der Waals surface area contributed by atoms with Crippen LogP contribution in [0.1, 0.15) is 17.3 Å². The van der Waals surface area contributed by atoms with Gasteiger partial charge in [-0.25, -0.2) is 0 Å². The lowest BCUT2D eigenvalue weighted by Gasteiger charge is -2.06. The highest BCUT2D eigenvalue weighted by molar-refractivity contribution is 6.27. The Labute approximate surface area is 105 Å². The third-order valence-corrected chi connectivity index (χ3v) is 2.28. The van der Waals surface area contributed by atoms with Gasteiger partial charge in [-0.2, -0.15) is 0 Å². The first-order chi connectivity index (χ1) is 8.17. The predicted octanol–water partition coefficient (Wildman–Crippen LogP) is 1.62. The normalized spacial score (nSPS) is 9.76. The molecule has 0 fully saturated rings. The lowest BCUT2D eigenvalue weighted by atomic mass is 10.1. The van der Waals surface area contributed by atoms with Crippen molar-refractivity contribution in [2.45, 2.75) is 6.92 Å². The molecule has 0 saturated carbocycles. The van der Waals surface area contributed by atoms with Crippen molar-refractivity contribution in [2.24, 2.45) is 0 Å². The van der Waals surface area contributed by atoms with Crippen molar-refractivity contribution < 1.29 is 14.3 Å². The predicted molar refractivity (Wildman–Crippen MR) is 65.7 cm³/mol. The number of carbonyl (C=O) groups is 2. The van der Waals surface area contributed by atoms with Crippen molar-refractivity contribution in [1.82, 2.24) is 5.32 Å². The second kappa shape index (κ2) is 6.91. The number of Topliss-reactive ketones (excluding diaryl/α,β-unsaturated/α-hetero) is 1. The van der Waals surface area contributed by atoms with Crippen LogP contribution in [-0.2, 0) is 4.79 Å². The van der Waals surface area contributed by atoms with E-state index in [0.29, 0.717) is 17.9 Å². The van der Waals surface area contributed by atoms with Gasteiger partial charge >= 0.3 is 0 Å². The summed E-state index contributed by atoms with van der Waals surface area (Å²) in [7, 11) is 0. The van der Waals surface area contributed by atoms with Crippen molar-refractivity contribution in [3.8, 4) is 5.75 Å². The standard InChI is InChI=1S/C12H14ClNO3/c1-2-17-10-5-3-4-9(6-10)11(15)8-14-12(16)7-13/h3-6H,2,7-8H2,1H3,(H,14,16). The van der Waals surface area contributed by atoms with Gasteiger partial charge in [0.25, 0.3) is 0 Å². The average molecular weight is 256 g/mol. The summed E-state index contributed by atoms with van der Waals surface area (Å²) in [5.74, 6) is -0.0419. The van der Waals surface area contributed by atoms with Crippen molar-refractivity contribution in [1.29, 1.82) is 0 Å². The fourth-order valence-electron chi connectivity index (χ4n) is 1.25. The van der Waals surface area contributed by atoms with Crippen LogP contribution in [0.25, 0.3) is 0 Å². The molecule has 0 unspecified atom stereocenters. The van der Waals surface area contributed by atoms with Crippen LogP contribution in [0.5, 0.6) is 5.75 Å². The molecule has 0 saturated heterocycles. The van der Waals surface area contributed by atoms with Crippen molar-refractivity contribution in [3.05, 3.63) is 29.8 Å². The molecule has 4 nitrogen and oxygen atoms in total. The number of nitrogens with one attached hydrogen (secondary N) is 1. The molecule has 0 atom stereocenters. The lowest BCUT2D eigenvalue weighted by Crippen LogP contribution is -2.30. The molecule has 17 heavy (non-hydrogen) atoms. The van der Waals surface area contributed by atoms with E-state index in [0.717, 1.165) is 0 Å². The molecule has 0 aromatic heterocycles.